The van der Waals surface area contributed by atoms with Crippen molar-refractivity contribution in [1.29, 1.82) is 0 Å². The Hall–Kier alpha value is -1.85. The number of anilines is 2. The third kappa shape index (κ3) is 3.56. The SMILES string of the molecule is CCN(C)C(=O)C(C)Nc1nc(C)nc(NC)c1C. The maximum Gasteiger partial charge on any atom is 0.244 e. The Morgan fingerprint density at radius 3 is 2.42 bits per heavy atom. The second-order valence-electron chi connectivity index (χ2n) is 4.56. The molecule has 0 aliphatic carbocycles. The van der Waals surface area contributed by atoms with Gasteiger partial charge in [0.15, 0.2) is 0 Å². The predicted molar refractivity (Wildman–Crippen MR) is 77.4 cm³/mol. The van der Waals surface area contributed by atoms with E-state index in [0.717, 1.165) is 11.4 Å². The molecule has 0 saturated heterocycles. The third-order valence-electron chi connectivity index (χ3n) is 3.07. The van der Waals surface area contributed by atoms with Gasteiger partial charge in [0.2, 0.25) is 5.91 Å². The monoisotopic (exact) mass is 265 g/mol. The first kappa shape index (κ1) is 15.2. The zero-order valence-electron chi connectivity index (χ0n) is 12.5. The van der Waals surface area contributed by atoms with Crippen LogP contribution in [-0.2, 0) is 4.79 Å². The molecule has 1 amide bonds. The first-order chi connectivity index (χ1) is 8.90. The summed E-state index contributed by atoms with van der Waals surface area (Å²) in [7, 11) is 3.61. The molecular formula is C13H23N5O. The number of carbonyl (C=O) groups excluding carboxylic acids is 1. The van der Waals surface area contributed by atoms with Gasteiger partial charge in [0.05, 0.1) is 0 Å². The summed E-state index contributed by atoms with van der Waals surface area (Å²) in [6.45, 7) is 8.23. The lowest BCUT2D eigenvalue weighted by Crippen LogP contribution is -2.39. The highest BCUT2D eigenvalue weighted by atomic mass is 16.2. The molecule has 0 radical (unpaired) electrons. The van der Waals surface area contributed by atoms with E-state index in [9.17, 15) is 4.79 Å². The minimum atomic E-state index is -0.317. The molecule has 1 unspecified atom stereocenters. The van der Waals surface area contributed by atoms with Crippen LogP contribution in [0.2, 0.25) is 0 Å². The van der Waals surface area contributed by atoms with Gasteiger partial charge in [-0.3, -0.25) is 4.79 Å². The molecule has 2 N–H and O–H groups in total. The molecule has 19 heavy (non-hydrogen) atoms. The first-order valence-corrected chi connectivity index (χ1v) is 6.45. The molecule has 0 aliphatic heterocycles. The van der Waals surface area contributed by atoms with Crippen molar-refractivity contribution in [2.24, 2.45) is 0 Å². The number of carbonyl (C=O) groups is 1. The van der Waals surface area contributed by atoms with Gasteiger partial charge in [-0.2, -0.15) is 0 Å². The molecule has 1 rings (SSSR count). The zero-order chi connectivity index (χ0) is 14.6. The van der Waals surface area contributed by atoms with Gasteiger partial charge >= 0.3 is 0 Å². The smallest absolute Gasteiger partial charge is 0.244 e. The fourth-order valence-electron chi connectivity index (χ4n) is 1.77. The minimum Gasteiger partial charge on any atom is -0.373 e. The average Bonchev–Trinajstić information content (AvgIpc) is 2.40. The van der Waals surface area contributed by atoms with E-state index >= 15 is 0 Å². The number of aryl methyl sites for hydroxylation is 1. The Bertz CT molecular complexity index is 461. The highest BCUT2D eigenvalue weighted by molar-refractivity contribution is 5.84. The van der Waals surface area contributed by atoms with Gasteiger partial charge in [-0.1, -0.05) is 0 Å². The number of likely N-dealkylation sites (N-methyl/N-ethyl adjacent to an activating group) is 1. The molecule has 0 bridgehead atoms. The van der Waals surface area contributed by atoms with Gasteiger partial charge in [0, 0.05) is 26.2 Å². The van der Waals surface area contributed by atoms with Crippen molar-refractivity contribution in [3.63, 3.8) is 0 Å². The molecule has 0 aliphatic rings. The molecule has 6 heteroatoms. The van der Waals surface area contributed by atoms with Crippen LogP contribution in [0.3, 0.4) is 0 Å². The summed E-state index contributed by atoms with van der Waals surface area (Å²) in [5.74, 6) is 2.19. The highest BCUT2D eigenvalue weighted by Gasteiger charge is 2.18. The Labute approximate surface area is 114 Å². The van der Waals surface area contributed by atoms with Crippen LogP contribution in [0.25, 0.3) is 0 Å². The molecule has 106 valence electrons. The maximum absolute atomic E-state index is 12.0. The van der Waals surface area contributed by atoms with E-state index in [4.69, 9.17) is 0 Å². The largest absolute Gasteiger partial charge is 0.373 e. The molecule has 0 aromatic carbocycles. The number of nitrogens with zero attached hydrogens (tertiary/aromatic N) is 3. The fraction of sp³-hybridized carbons (Fsp3) is 0.615. The lowest BCUT2D eigenvalue weighted by molar-refractivity contribution is -0.130. The van der Waals surface area contributed by atoms with Crippen molar-refractivity contribution in [2.45, 2.75) is 33.7 Å². The average molecular weight is 265 g/mol. The molecule has 1 aromatic heterocycles. The van der Waals surface area contributed by atoms with Crippen LogP contribution in [0.5, 0.6) is 0 Å². The fourth-order valence-corrected chi connectivity index (χ4v) is 1.77. The van der Waals surface area contributed by atoms with E-state index < -0.39 is 0 Å². The van der Waals surface area contributed by atoms with E-state index in [2.05, 4.69) is 20.6 Å². The van der Waals surface area contributed by atoms with Crippen LogP contribution in [0.15, 0.2) is 0 Å². The third-order valence-corrected chi connectivity index (χ3v) is 3.07. The van der Waals surface area contributed by atoms with Crippen molar-refractivity contribution in [3.8, 4) is 0 Å². The molecule has 0 fully saturated rings. The summed E-state index contributed by atoms with van der Waals surface area (Å²) in [6.07, 6.45) is 0. The van der Waals surface area contributed by atoms with E-state index in [1.165, 1.54) is 0 Å². The molecule has 6 nitrogen and oxygen atoms in total. The van der Waals surface area contributed by atoms with Crippen LogP contribution < -0.4 is 10.6 Å². The Morgan fingerprint density at radius 2 is 1.89 bits per heavy atom. The number of rotatable bonds is 5. The van der Waals surface area contributed by atoms with Crippen LogP contribution >= 0.6 is 0 Å². The highest BCUT2D eigenvalue weighted by Crippen LogP contribution is 2.20. The van der Waals surface area contributed by atoms with Gasteiger partial charge < -0.3 is 15.5 Å². The summed E-state index contributed by atoms with van der Waals surface area (Å²) < 4.78 is 0. The Kier molecular flexibility index (Phi) is 5.09. The Balaban J connectivity index is 2.93. The predicted octanol–water partition coefficient (Wildman–Crippen LogP) is 1.41. The lowest BCUT2D eigenvalue weighted by atomic mass is 10.2. The number of hydrogen-bond acceptors (Lipinski definition) is 5. The maximum atomic E-state index is 12.0. The number of aromatic nitrogens is 2. The van der Waals surface area contributed by atoms with Gasteiger partial charge in [-0.25, -0.2) is 9.97 Å². The molecule has 1 atom stereocenters. The van der Waals surface area contributed by atoms with E-state index in [1.807, 2.05) is 34.7 Å². The second kappa shape index (κ2) is 6.36. The van der Waals surface area contributed by atoms with Crippen molar-refractivity contribution >= 4 is 17.5 Å². The van der Waals surface area contributed by atoms with Crippen LogP contribution in [0.1, 0.15) is 25.2 Å². The summed E-state index contributed by atoms with van der Waals surface area (Å²) in [5.41, 5.74) is 0.909. The van der Waals surface area contributed by atoms with Gasteiger partial charge in [0.1, 0.15) is 23.5 Å². The quantitative estimate of drug-likeness (QED) is 0.842. The molecule has 0 spiro atoms. The van der Waals surface area contributed by atoms with Gasteiger partial charge in [-0.05, 0) is 27.7 Å². The number of nitrogens with one attached hydrogen (secondary N) is 2. The van der Waals surface area contributed by atoms with Crippen molar-refractivity contribution < 1.29 is 4.79 Å². The van der Waals surface area contributed by atoms with E-state index in [0.29, 0.717) is 18.2 Å². The normalized spacial score (nSPS) is 11.9. The lowest BCUT2D eigenvalue weighted by Gasteiger charge is -2.22. The van der Waals surface area contributed by atoms with Crippen LogP contribution in [0, 0.1) is 13.8 Å². The zero-order valence-corrected chi connectivity index (χ0v) is 12.5. The molecule has 1 aromatic rings. The van der Waals surface area contributed by atoms with Crippen LogP contribution in [0.4, 0.5) is 11.6 Å². The summed E-state index contributed by atoms with van der Waals surface area (Å²) in [5, 5.41) is 6.18. The summed E-state index contributed by atoms with van der Waals surface area (Å²) >= 11 is 0. The molecule has 0 saturated carbocycles. The van der Waals surface area contributed by atoms with E-state index in [1.54, 1.807) is 11.9 Å². The topological polar surface area (TPSA) is 70.2 Å². The van der Waals surface area contributed by atoms with E-state index in [-0.39, 0.29) is 11.9 Å². The minimum absolute atomic E-state index is 0.0455. The summed E-state index contributed by atoms with van der Waals surface area (Å²) in [4.78, 5) is 22.4. The Morgan fingerprint density at radius 1 is 1.32 bits per heavy atom. The molecular weight excluding hydrogens is 242 g/mol. The summed E-state index contributed by atoms with van der Waals surface area (Å²) in [6, 6.07) is -0.317. The van der Waals surface area contributed by atoms with Crippen molar-refractivity contribution in [3.05, 3.63) is 11.4 Å². The number of hydrogen-bond donors (Lipinski definition) is 2. The van der Waals surface area contributed by atoms with Crippen molar-refractivity contribution in [2.75, 3.05) is 31.3 Å². The van der Waals surface area contributed by atoms with Crippen LogP contribution in [-0.4, -0.2) is 47.5 Å². The molecule has 1 heterocycles. The second-order valence-corrected chi connectivity index (χ2v) is 4.56. The van der Waals surface area contributed by atoms with Gasteiger partial charge in [-0.15, -0.1) is 0 Å². The standard InChI is InChI=1S/C13H23N5O/c1-7-18(6)13(19)9(3)15-12-8(2)11(14-5)16-10(4)17-12/h9H,7H2,1-6H3,(H2,14,15,16,17). The van der Waals surface area contributed by atoms with Gasteiger partial charge in [0.25, 0.3) is 0 Å². The first-order valence-electron chi connectivity index (χ1n) is 6.45. The number of amides is 1. The van der Waals surface area contributed by atoms with Crippen molar-refractivity contribution in [1.82, 2.24) is 14.9 Å².